The van der Waals surface area contributed by atoms with Crippen molar-refractivity contribution in [2.45, 2.75) is 37.8 Å². The van der Waals surface area contributed by atoms with E-state index in [1.54, 1.807) is 0 Å². The van der Waals surface area contributed by atoms with Crippen LogP contribution in [0, 0.1) is 0 Å². The van der Waals surface area contributed by atoms with Gasteiger partial charge in [0.05, 0.1) is 12.1 Å². The van der Waals surface area contributed by atoms with Crippen molar-refractivity contribution < 1.29 is 0 Å². The molecule has 4 aromatic carbocycles. The highest BCUT2D eigenvalue weighted by molar-refractivity contribution is 7.80. The minimum atomic E-state index is -0.687. The van der Waals surface area contributed by atoms with Gasteiger partial charge in [0.1, 0.15) is 0 Å². The number of benzene rings is 4. The summed E-state index contributed by atoms with van der Waals surface area (Å²) < 4.78 is 0. The summed E-state index contributed by atoms with van der Waals surface area (Å²) in [5, 5.41) is 11.6. The third kappa shape index (κ3) is 6.71. The van der Waals surface area contributed by atoms with E-state index in [-0.39, 0.29) is 12.1 Å². The van der Waals surface area contributed by atoms with Gasteiger partial charge in [-0.3, -0.25) is 4.99 Å². The molecule has 1 aliphatic rings. The maximum absolute atomic E-state index is 5.64. The van der Waals surface area contributed by atoms with Crippen molar-refractivity contribution in [2.75, 3.05) is 5.32 Å². The number of anilines is 1. The second-order valence-corrected chi connectivity index (χ2v) is 11.9. The summed E-state index contributed by atoms with van der Waals surface area (Å²) in [6, 6.07) is 40.9. The van der Waals surface area contributed by atoms with Crippen LogP contribution in [0.25, 0.3) is 0 Å². The van der Waals surface area contributed by atoms with Crippen LogP contribution in [0.3, 0.4) is 0 Å². The Kier molecular flexibility index (Phi) is 8.74. The van der Waals surface area contributed by atoms with Crippen LogP contribution in [-0.2, 0) is 0 Å². The number of thiocarbonyl (C=S) groups is 1. The first-order chi connectivity index (χ1) is 18.3. The highest BCUT2D eigenvalue weighted by Gasteiger charge is 2.25. The summed E-state index contributed by atoms with van der Waals surface area (Å²) in [7, 11) is -0.687. The molecule has 0 aliphatic heterocycles. The summed E-state index contributed by atoms with van der Waals surface area (Å²) >= 11 is 5.64. The van der Waals surface area contributed by atoms with E-state index in [9.17, 15) is 0 Å². The standard InChI is InChI=1S/C32H32N3PS/c37-32(34-26-15-4-1-5-16-26)35-30-22-12-11-21-29(30)33-24-25-14-10-13-23-31(25)36(27-17-6-2-7-18-27)28-19-8-3-9-20-28/h1-10,13-20,23-24,29-30H,11-12,21-22H2,(H2,34,35,37)/t29-,30-/m1/s1. The molecule has 37 heavy (non-hydrogen) atoms. The van der Waals surface area contributed by atoms with Crippen molar-refractivity contribution in [1.29, 1.82) is 0 Å². The van der Waals surface area contributed by atoms with Gasteiger partial charge in [-0.25, -0.2) is 0 Å². The highest BCUT2D eigenvalue weighted by Crippen LogP contribution is 2.33. The number of hydrogen-bond acceptors (Lipinski definition) is 2. The molecule has 0 radical (unpaired) electrons. The van der Waals surface area contributed by atoms with Crippen molar-refractivity contribution in [2.24, 2.45) is 4.99 Å². The fourth-order valence-electron chi connectivity index (χ4n) is 4.87. The molecule has 1 fully saturated rings. The molecule has 0 amide bonds. The quantitative estimate of drug-likeness (QED) is 0.174. The molecular weight excluding hydrogens is 489 g/mol. The SMILES string of the molecule is S=C(Nc1ccccc1)N[C@@H]1CCCC[C@H]1N=Cc1ccccc1P(c1ccccc1)c1ccccc1. The van der Waals surface area contributed by atoms with Gasteiger partial charge >= 0.3 is 0 Å². The molecule has 0 unspecified atom stereocenters. The van der Waals surface area contributed by atoms with Gasteiger partial charge in [0.25, 0.3) is 0 Å². The number of para-hydroxylation sites is 1. The summed E-state index contributed by atoms with van der Waals surface area (Å²) in [5.74, 6) is 0. The predicted octanol–water partition coefficient (Wildman–Crippen LogP) is 6.16. The summed E-state index contributed by atoms with van der Waals surface area (Å²) in [6.45, 7) is 0. The summed E-state index contributed by atoms with van der Waals surface area (Å²) in [6.07, 6.45) is 6.63. The lowest BCUT2D eigenvalue weighted by molar-refractivity contribution is 0.364. The van der Waals surface area contributed by atoms with Crippen LogP contribution >= 0.6 is 20.1 Å². The molecule has 3 nitrogen and oxygen atoms in total. The molecule has 1 aliphatic carbocycles. The second kappa shape index (κ2) is 12.8. The van der Waals surface area contributed by atoms with Crippen LogP contribution in [0.4, 0.5) is 5.69 Å². The predicted molar refractivity (Wildman–Crippen MR) is 165 cm³/mol. The first kappa shape index (κ1) is 25.3. The zero-order valence-corrected chi connectivity index (χ0v) is 22.5. The van der Waals surface area contributed by atoms with Crippen LogP contribution in [0.1, 0.15) is 31.2 Å². The molecule has 5 heteroatoms. The molecule has 5 rings (SSSR count). The Balaban J connectivity index is 1.38. The fourth-order valence-corrected chi connectivity index (χ4v) is 7.56. The molecule has 0 aromatic heterocycles. The van der Waals surface area contributed by atoms with Crippen molar-refractivity contribution >= 4 is 53.1 Å². The first-order valence-corrected chi connectivity index (χ1v) is 14.7. The third-order valence-corrected chi connectivity index (χ3v) is 9.43. The average Bonchev–Trinajstić information content (AvgIpc) is 2.95. The molecule has 2 atom stereocenters. The lowest BCUT2D eigenvalue weighted by Gasteiger charge is -2.30. The zero-order chi connectivity index (χ0) is 25.3. The third-order valence-electron chi connectivity index (χ3n) is 6.69. The molecule has 2 N–H and O–H groups in total. The average molecular weight is 522 g/mol. The monoisotopic (exact) mass is 521 g/mol. The maximum atomic E-state index is 5.64. The Labute approximate surface area is 226 Å². The number of nitrogens with zero attached hydrogens (tertiary/aromatic N) is 1. The maximum Gasteiger partial charge on any atom is 0.171 e. The molecule has 1 saturated carbocycles. The molecule has 0 spiro atoms. The van der Waals surface area contributed by atoms with Gasteiger partial charge < -0.3 is 10.6 Å². The summed E-state index contributed by atoms with van der Waals surface area (Å²) in [4.78, 5) is 5.16. The van der Waals surface area contributed by atoms with E-state index in [1.165, 1.54) is 34.3 Å². The lowest BCUT2D eigenvalue weighted by atomic mass is 9.91. The minimum absolute atomic E-state index is 0.192. The Hall–Kier alpha value is -3.33. The van der Waals surface area contributed by atoms with Crippen LogP contribution < -0.4 is 26.5 Å². The van der Waals surface area contributed by atoms with Gasteiger partial charge in [-0.05, 0) is 61.0 Å². The fraction of sp³-hybridized carbons (Fsp3) is 0.188. The molecule has 186 valence electrons. The topological polar surface area (TPSA) is 36.4 Å². The van der Waals surface area contributed by atoms with Gasteiger partial charge in [0.2, 0.25) is 0 Å². The number of hydrogen-bond donors (Lipinski definition) is 2. The molecular formula is C32H32N3PS. The Morgan fingerprint density at radius 1 is 0.730 bits per heavy atom. The van der Waals surface area contributed by atoms with Gasteiger partial charge in [0, 0.05) is 17.5 Å². The zero-order valence-electron chi connectivity index (χ0n) is 20.8. The van der Waals surface area contributed by atoms with Gasteiger partial charge in [-0.2, -0.15) is 0 Å². The normalized spacial score (nSPS) is 17.5. The molecule has 0 bridgehead atoms. The lowest BCUT2D eigenvalue weighted by Crippen LogP contribution is -2.46. The van der Waals surface area contributed by atoms with Crippen molar-refractivity contribution in [3.8, 4) is 0 Å². The van der Waals surface area contributed by atoms with Crippen LogP contribution in [0.2, 0.25) is 0 Å². The largest absolute Gasteiger partial charge is 0.358 e. The van der Waals surface area contributed by atoms with Crippen LogP contribution in [0.15, 0.2) is 120 Å². The Morgan fingerprint density at radius 2 is 1.30 bits per heavy atom. The van der Waals surface area contributed by atoms with E-state index >= 15 is 0 Å². The molecule has 4 aromatic rings. The van der Waals surface area contributed by atoms with Gasteiger partial charge in [-0.15, -0.1) is 0 Å². The van der Waals surface area contributed by atoms with Crippen molar-refractivity contribution in [3.05, 3.63) is 121 Å². The highest BCUT2D eigenvalue weighted by atomic mass is 32.1. The van der Waals surface area contributed by atoms with Crippen molar-refractivity contribution in [1.82, 2.24) is 5.32 Å². The minimum Gasteiger partial charge on any atom is -0.358 e. The van der Waals surface area contributed by atoms with E-state index < -0.39 is 7.92 Å². The van der Waals surface area contributed by atoms with E-state index in [4.69, 9.17) is 17.2 Å². The molecule has 0 saturated heterocycles. The van der Waals surface area contributed by atoms with E-state index in [1.807, 2.05) is 30.3 Å². The van der Waals surface area contributed by atoms with Crippen LogP contribution in [0.5, 0.6) is 0 Å². The van der Waals surface area contributed by atoms with E-state index in [0.29, 0.717) is 5.11 Å². The van der Waals surface area contributed by atoms with Crippen LogP contribution in [-0.4, -0.2) is 23.4 Å². The number of rotatable bonds is 7. The second-order valence-electron chi connectivity index (χ2n) is 9.27. The Morgan fingerprint density at radius 3 is 1.97 bits per heavy atom. The Bertz CT molecular complexity index is 1270. The molecule has 0 heterocycles. The number of aliphatic imine (C=N–C) groups is 1. The van der Waals surface area contributed by atoms with Gasteiger partial charge in [-0.1, -0.05) is 116 Å². The van der Waals surface area contributed by atoms with Gasteiger partial charge in [0.15, 0.2) is 5.11 Å². The van der Waals surface area contributed by atoms with E-state index in [2.05, 4.69) is 102 Å². The number of nitrogens with one attached hydrogen (secondary N) is 2. The van der Waals surface area contributed by atoms with E-state index in [0.717, 1.165) is 18.5 Å². The van der Waals surface area contributed by atoms with Crippen molar-refractivity contribution in [3.63, 3.8) is 0 Å². The summed E-state index contributed by atoms with van der Waals surface area (Å²) in [5.41, 5.74) is 2.19. The first-order valence-electron chi connectivity index (χ1n) is 12.9. The smallest absolute Gasteiger partial charge is 0.171 e.